The summed E-state index contributed by atoms with van der Waals surface area (Å²) in [6.07, 6.45) is 0.729. The molecule has 0 radical (unpaired) electrons. The van der Waals surface area contributed by atoms with Gasteiger partial charge < -0.3 is 9.30 Å². The zero-order valence-electron chi connectivity index (χ0n) is 10.9. The molecule has 18 heavy (non-hydrogen) atoms. The number of nitrogens with zero attached hydrogens (tertiary/aromatic N) is 1. The number of hydrogen-bond acceptors (Lipinski definition) is 4. The number of aryl methyl sites for hydroxylation is 1. The van der Waals surface area contributed by atoms with Crippen LogP contribution in [-0.4, -0.2) is 22.9 Å². The molecule has 0 saturated carbocycles. The van der Waals surface area contributed by atoms with Crippen molar-refractivity contribution < 1.29 is 14.3 Å². The van der Waals surface area contributed by atoms with Gasteiger partial charge in [-0.05, 0) is 32.4 Å². The molecule has 0 amide bonds. The molecule has 0 N–H and O–H groups in total. The Morgan fingerprint density at radius 2 is 2.00 bits per heavy atom. The molecule has 0 aliphatic heterocycles. The number of ether oxygens (including phenoxy) is 1. The molecule has 0 aromatic carbocycles. The number of esters is 1. The lowest BCUT2D eigenvalue weighted by Crippen LogP contribution is -2.30. The third-order valence-electron chi connectivity index (χ3n) is 2.53. The maximum Gasteiger partial charge on any atom is 0.326 e. The number of carbonyl (C=O) groups is 2. The highest BCUT2D eigenvalue weighted by Gasteiger charge is 2.13. The van der Waals surface area contributed by atoms with Crippen molar-refractivity contribution in [2.45, 2.75) is 33.7 Å². The highest BCUT2D eigenvalue weighted by molar-refractivity contribution is 5.93. The highest BCUT2D eigenvalue weighted by atomic mass is 16.5. The second kappa shape index (κ2) is 6.14. The number of rotatable bonds is 5. The normalized spacial score (nSPS) is 10.2. The van der Waals surface area contributed by atoms with E-state index in [-0.39, 0.29) is 17.9 Å². The zero-order chi connectivity index (χ0) is 13.7. The van der Waals surface area contributed by atoms with Crippen LogP contribution in [0.1, 0.15) is 36.3 Å². The first-order chi connectivity index (χ1) is 8.47. The summed E-state index contributed by atoms with van der Waals surface area (Å²) in [6.45, 7) is 5.09. The fraction of sp³-hybridized carbons (Fsp3) is 0.462. The summed E-state index contributed by atoms with van der Waals surface area (Å²) in [4.78, 5) is 34.7. The lowest BCUT2D eigenvalue weighted by molar-refractivity contribution is -0.144. The predicted octanol–water partition coefficient (Wildman–Crippen LogP) is 1.31. The lowest BCUT2D eigenvalue weighted by atomic mass is 10.2. The molecule has 1 heterocycles. The Morgan fingerprint density at radius 3 is 2.56 bits per heavy atom. The van der Waals surface area contributed by atoms with Crippen LogP contribution in [0.2, 0.25) is 0 Å². The van der Waals surface area contributed by atoms with Crippen molar-refractivity contribution in [3.63, 3.8) is 0 Å². The van der Waals surface area contributed by atoms with Crippen molar-refractivity contribution in [1.82, 2.24) is 4.57 Å². The fourth-order valence-corrected chi connectivity index (χ4v) is 1.53. The molecular weight excluding hydrogens is 234 g/mol. The van der Waals surface area contributed by atoms with E-state index in [1.54, 1.807) is 13.0 Å². The Kier molecular flexibility index (Phi) is 4.83. The molecule has 0 aliphatic rings. The van der Waals surface area contributed by atoms with Crippen LogP contribution in [-0.2, 0) is 16.1 Å². The zero-order valence-corrected chi connectivity index (χ0v) is 10.9. The van der Waals surface area contributed by atoms with Crippen molar-refractivity contribution in [1.29, 1.82) is 0 Å². The summed E-state index contributed by atoms with van der Waals surface area (Å²) in [5.74, 6) is -0.779. The molecule has 0 bridgehead atoms. The van der Waals surface area contributed by atoms with Crippen LogP contribution in [0.4, 0.5) is 0 Å². The first-order valence-corrected chi connectivity index (χ1v) is 5.84. The second-order valence-electron chi connectivity index (χ2n) is 4.06. The molecule has 5 heteroatoms. The van der Waals surface area contributed by atoms with E-state index < -0.39 is 11.5 Å². The third kappa shape index (κ3) is 3.29. The summed E-state index contributed by atoms with van der Waals surface area (Å²) < 4.78 is 6.18. The average Bonchev–Trinajstić information content (AvgIpc) is 2.31. The third-order valence-corrected chi connectivity index (χ3v) is 2.53. The summed E-state index contributed by atoms with van der Waals surface area (Å²) in [6, 6.07) is 3.12. The van der Waals surface area contributed by atoms with Gasteiger partial charge >= 0.3 is 5.97 Å². The maximum absolute atomic E-state index is 12.0. The van der Waals surface area contributed by atoms with Gasteiger partial charge in [0.15, 0.2) is 5.78 Å². The molecule has 1 aromatic heterocycles. The van der Waals surface area contributed by atoms with Gasteiger partial charge in [-0.3, -0.25) is 14.4 Å². The minimum Gasteiger partial charge on any atom is -0.464 e. The standard InChI is InChI=1S/C13H17NO4/c1-4-7-18-12(16)8-14-9(2)5-6-11(10(3)15)13(14)17/h5-6H,4,7-8H2,1-3H3. The lowest BCUT2D eigenvalue weighted by Gasteiger charge is -2.10. The Hall–Kier alpha value is -1.91. The number of ketones is 1. The van der Waals surface area contributed by atoms with Gasteiger partial charge in [0.25, 0.3) is 5.56 Å². The molecule has 1 rings (SSSR count). The second-order valence-corrected chi connectivity index (χ2v) is 4.06. The summed E-state index contributed by atoms with van der Waals surface area (Å²) in [5.41, 5.74) is 0.262. The molecule has 5 nitrogen and oxygen atoms in total. The van der Waals surface area contributed by atoms with Crippen LogP contribution in [0.5, 0.6) is 0 Å². The smallest absolute Gasteiger partial charge is 0.326 e. The first kappa shape index (κ1) is 14.2. The van der Waals surface area contributed by atoms with E-state index in [1.807, 2.05) is 6.92 Å². The van der Waals surface area contributed by atoms with Gasteiger partial charge in [0.1, 0.15) is 6.54 Å². The number of pyridine rings is 1. The van der Waals surface area contributed by atoms with E-state index in [0.29, 0.717) is 12.3 Å². The van der Waals surface area contributed by atoms with Crippen molar-refractivity contribution in [2.24, 2.45) is 0 Å². The van der Waals surface area contributed by atoms with E-state index in [4.69, 9.17) is 4.74 Å². The van der Waals surface area contributed by atoms with Gasteiger partial charge in [0.05, 0.1) is 12.2 Å². The monoisotopic (exact) mass is 251 g/mol. The number of Topliss-reactive ketones (excluding diaryl/α,β-unsaturated/α-hetero) is 1. The minimum atomic E-state index is -0.470. The first-order valence-electron chi connectivity index (χ1n) is 5.84. The number of carbonyl (C=O) groups excluding carboxylic acids is 2. The molecule has 0 fully saturated rings. The van der Waals surface area contributed by atoms with Crippen LogP contribution in [0.15, 0.2) is 16.9 Å². The van der Waals surface area contributed by atoms with Gasteiger partial charge in [-0.2, -0.15) is 0 Å². The topological polar surface area (TPSA) is 65.4 Å². The largest absolute Gasteiger partial charge is 0.464 e. The van der Waals surface area contributed by atoms with E-state index >= 15 is 0 Å². The molecule has 0 spiro atoms. The van der Waals surface area contributed by atoms with Crippen LogP contribution in [0.3, 0.4) is 0 Å². The van der Waals surface area contributed by atoms with Gasteiger partial charge in [-0.1, -0.05) is 6.92 Å². The molecule has 0 saturated heterocycles. The van der Waals surface area contributed by atoms with E-state index in [1.165, 1.54) is 17.6 Å². The van der Waals surface area contributed by atoms with E-state index in [2.05, 4.69) is 0 Å². The Morgan fingerprint density at radius 1 is 1.33 bits per heavy atom. The molecule has 0 unspecified atom stereocenters. The molecule has 0 atom stereocenters. The van der Waals surface area contributed by atoms with Crippen LogP contribution in [0.25, 0.3) is 0 Å². The predicted molar refractivity (Wildman–Crippen MR) is 66.7 cm³/mol. The van der Waals surface area contributed by atoms with Gasteiger partial charge in [0.2, 0.25) is 0 Å². The van der Waals surface area contributed by atoms with E-state index in [0.717, 1.165) is 6.42 Å². The SMILES string of the molecule is CCCOC(=O)Cn1c(C)ccc(C(C)=O)c1=O. The Bertz CT molecular complexity index is 516. The number of hydrogen-bond donors (Lipinski definition) is 0. The maximum atomic E-state index is 12.0. The van der Waals surface area contributed by atoms with Gasteiger partial charge in [-0.25, -0.2) is 0 Å². The molecular formula is C13H17NO4. The minimum absolute atomic E-state index is 0.0869. The average molecular weight is 251 g/mol. The van der Waals surface area contributed by atoms with Crippen LogP contribution in [0, 0.1) is 6.92 Å². The van der Waals surface area contributed by atoms with Gasteiger partial charge in [-0.15, -0.1) is 0 Å². The molecule has 98 valence electrons. The fourth-order valence-electron chi connectivity index (χ4n) is 1.53. The summed E-state index contributed by atoms with van der Waals surface area (Å²) >= 11 is 0. The van der Waals surface area contributed by atoms with E-state index in [9.17, 15) is 14.4 Å². The molecule has 1 aromatic rings. The van der Waals surface area contributed by atoms with Gasteiger partial charge in [0, 0.05) is 5.69 Å². The number of aromatic nitrogens is 1. The van der Waals surface area contributed by atoms with Crippen molar-refractivity contribution >= 4 is 11.8 Å². The van der Waals surface area contributed by atoms with Crippen molar-refractivity contribution in [2.75, 3.05) is 6.61 Å². The summed E-state index contributed by atoms with van der Waals surface area (Å²) in [5, 5.41) is 0. The van der Waals surface area contributed by atoms with Crippen molar-refractivity contribution in [3.05, 3.63) is 33.7 Å². The Labute approximate surface area is 105 Å². The Balaban J connectivity index is 3.01. The van der Waals surface area contributed by atoms with Crippen LogP contribution >= 0.6 is 0 Å². The highest BCUT2D eigenvalue weighted by Crippen LogP contribution is 2.00. The quantitative estimate of drug-likeness (QED) is 0.584. The van der Waals surface area contributed by atoms with Crippen molar-refractivity contribution in [3.8, 4) is 0 Å². The van der Waals surface area contributed by atoms with Crippen LogP contribution < -0.4 is 5.56 Å². The summed E-state index contributed by atoms with van der Waals surface area (Å²) in [7, 11) is 0. The molecule has 0 aliphatic carbocycles.